The number of morpholine rings is 1. The van der Waals surface area contributed by atoms with Gasteiger partial charge in [-0.05, 0) is 19.4 Å². The Bertz CT molecular complexity index is 885. The quantitative estimate of drug-likeness (QED) is 0.720. The largest absolute Gasteiger partial charge is 0.450 e. The van der Waals surface area contributed by atoms with Gasteiger partial charge in [0.1, 0.15) is 11.6 Å². The third-order valence-corrected chi connectivity index (χ3v) is 4.42. The number of rotatable bonds is 2. The molecule has 0 N–H and O–H groups in total. The summed E-state index contributed by atoms with van der Waals surface area (Å²) >= 11 is 0. The fourth-order valence-corrected chi connectivity index (χ4v) is 3.10. The first-order valence-corrected chi connectivity index (χ1v) is 7.80. The van der Waals surface area contributed by atoms with E-state index in [0.717, 1.165) is 22.1 Å². The third-order valence-electron chi connectivity index (χ3n) is 4.42. The molecule has 1 aromatic carbocycles. The fourth-order valence-electron chi connectivity index (χ4n) is 3.10. The average Bonchev–Trinajstić information content (AvgIpc) is 3.24. The maximum atomic E-state index is 13.1. The van der Waals surface area contributed by atoms with Crippen molar-refractivity contribution in [3.05, 3.63) is 47.3 Å². The van der Waals surface area contributed by atoms with Crippen LogP contribution in [0.4, 0.5) is 0 Å². The number of para-hydroxylation sites is 1. The lowest BCUT2D eigenvalue weighted by Gasteiger charge is -2.33. The molecule has 0 aliphatic carbocycles. The first-order valence-electron chi connectivity index (χ1n) is 7.80. The molecule has 1 amide bonds. The van der Waals surface area contributed by atoms with Crippen molar-refractivity contribution in [1.29, 1.82) is 0 Å². The molecule has 1 fully saturated rings. The first kappa shape index (κ1) is 14.9. The van der Waals surface area contributed by atoms with Crippen LogP contribution in [-0.4, -0.2) is 40.7 Å². The summed E-state index contributed by atoms with van der Waals surface area (Å²) in [5.74, 6) is 0.615. The van der Waals surface area contributed by atoms with Gasteiger partial charge in [0.15, 0.2) is 11.6 Å². The van der Waals surface area contributed by atoms with Crippen molar-refractivity contribution in [2.45, 2.75) is 19.9 Å². The molecule has 2 aromatic heterocycles. The number of aromatic nitrogens is 2. The lowest BCUT2D eigenvalue weighted by molar-refractivity contribution is -0.00723. The van der Waals surface area contributed by atoms with Gasteiger partial charge in [0.05, 0.1) is 13.2 Å². The van der Waals surface area contributed by atoms with E-state index in [1.807, 2.05) is 32.0 Å². The van der Waals surface area contributed by atoms with E-state index in [0.29, 0.717) is 31.3 Å². The Morgan fingerprint density at radius 1 is 1.33 bits per heavy atom. The molecule has 3 aromatic rings. The maximum Gasteiger partial charge on any atom is 0.290 e. The average molecular weight is 327 g/mol. The Kier molecular flexibility index (Phi) is 3.57. The van der Waals surface area contributed by atoms with E-state index in [4.69, 9.17) is 13.7 Å². The number of hydrogen-bond acceptors (Lipinski definition) is 6. The van der Waals surface area contributed by atoms with E-state index in [1.165, 1.54) is 6.39 Å². The highest BCUT2D eigenvalue weighted by molar-refractivity contribution is 5.99. The standard InChI is InChI=1S/C17H17N3O4/c1-10-4-3-5-12-11(2)15(24-14(10)12)17(21)20-6-7-22-8-13(20)16-18-9-23-19-16/h3-5,9,13H,6-8H2,1-2H3/t13-/m1/s1. The number of ether oxygens (including phenoxy) is 1. The van der Waals surface area contributed by atoms with Crippen LogP contribution < -0.4 is 0 Å². The number of fused-ring (bicyclic) bond motifs is 1. The smallest absolute Gasteiger partial charge is 0.290 e. The molecule has 7 heteroatoms. The zero-order chi connectivity index (χ0) is 16.7. The molecule has 1 aliphatic rings. The van der Waals surface area contributed by atoms with E-state index in [9.17, 15) is 4.79 Å². The molecule has 1 atom stereocenters. The van der Waals surface area contributed by atoms with E-state index < -0.39 is 0 Å². The first-order chi connectivity index (χ1) is 11.7. The van der Waals surface area contributed by atoms with Gasteiger partial charge in [-0.1, -0.05) is 23.4 Å². The van der Waals surface area contributed by atoms with Gasteiger partial charge in [-0.25, -0.2) is 0 Å². The minimum Gasteiger partial charge on any atom is -0.450 e. The summed E-state index contributed by atoms with van der Waals surface area (Å²) in [5.41, 5.74) is 2.60. The van der Waals surface area contributed by atoms with Crippen molar-refractivity contribution in [2.75, 3.05) is 19.8 Å². The molecule has 124 valence electrons. The van der Waals surface area contributed by atoms with E-state index in [1.54, 1.807) is 4.90 Å². The van der Waals surface area contributed by atoms with Crippen molar-refractivity contribution >= 4 is 16.9 Å². The second-order valence-electron chi connectivity index (χ2n) is 5.89. The molecular weight excluding hydrogens is 310 g/mol. The predicted molar refractivity (Wildman–Crippen MR) is 84.6 cm³/mol. The van der Waals surface area contributed by atoms with Crippen molar-refractivity contribution in [3.63, 3.8) is 0 Å². The third kappa shape index (κ3) is 2.28. The molecule has 0 bridgehead atoms. The molecule has 0 unspecified atom stereocenters. The minimum absolute atomic E-state index is 0.179. The Balaban J connectivity index is 1.74. The minimum atomic E-state index is -0.376. The Morgan fingerprint density at radius 3 is 2.96 bits per heavy atom. The predicted octanol–water partition coefficient (Wildman–Crippen LogP) is 2.65. The Hall–Kier alpha value is -2.67. The van der Waals surface area contributed by atoms with Crippen LogP contribution in [0.3, 0.4) is 0 Å². The monoisotopic (exact) mass is 327 g/mol. The number of benzene rings is 1. The van der Waals surface area contributed by atoms with Gasteiger partial charge < -0.3 is 18.6 Å². The molecule has 0 radical (unpaired) electrons. The summed E-state index contributed by atoms with van der Waals surface area (Å²) in [6.45, 7) is 5.13. The normalized spacial score (nSPS) is 18.2. The second-order valence-corrected chi connectivity index (χ2v) is 5.89. The van der Waals surface area contributed by atoms with Gasteiger partial charge >= 0.3 is 0 Å². The van der Waals surface area contributed by atoms with Crippen LogP contribution in [0.15, 0.2) is 33.5 Å². The van der Waals surface area contributed by atoms with Gasteiger partial charge in [0.25, 0.3) is 5.91 Å². The molecule has 0 spiro atoms. The summed E-state index contributed by atoms with van der Waals surface area (Å²) in [7, 11) is 0. The van der Waals surface area contributed by atoms with E-state index in [-0.39, 0.29) is 11.9 Å². The van der Waals surface area contributed by atoms with Gasteiger partial charge in [-0.15, -0.1) is 0 Å². The van der Waals surface area contributed by atoms with Gasteiger partial charge in [0, 0.05) is 17.5 Å². The van der Waals surface area contributed by atoms with E-state index in [2.05, 4.69) is 10.1 Å². The lowest BCUT2D eigenvalue weighted by atomic mass is 10.1. The highest BCUT2D eigenvalue weighted by Crippen LogP contribution is 2.31. The van der Waals surface area contributed by atoms with Crippen molar-refractivity contribution < 1.29 is 18.5 Å². The molecule has 7 nitrogen and oxygen atoms in total. The topological polar surface area (TPSA) is 81.6 Å². The summed E-state index contributed by atoms with van der Waals surface area (Å²) in [6.07, 6.45) is 1.25. The molecule has 3 heterocycles. The van der Waals surface area contributed by atoms with Crippen molar-refractivity contribution in [3.8, 4) is 0 Å². The zero-order valence-electron chi connectivity index (χ0n) is 13.5. The molecule has 1 saturated heterocycles. The number of carbonyl (C=O) groups is 1. The van der Waals surface area contributed by atoms with Crippen LogP contribution in [0.5, 0.6) is 0 Å². The molecule has 4 rings (SSSR count). The summed E-state index contributed by atoms with van der Waals surface area (Å²) in [6, 6.07) is 5.52. The molecule has 1 aliphatic heterocycles. The summed E-state index contributed by atoms with van der Waals surface area (Å²) in [5, 5.41) is 4.82. The number of nitrogens with zero attached hydrogens (tertiary/aromatic N) is 3. The second kappa shape index (κ2) is 5.76. The van der Waals surface area contributed by atoms with Crippen LogP contribution in [0.25, 0.3) is 11.0 Å². The number of amides is 1. The SMILES string of the molecule is Cc1c(C(=O)N2CCOC[C@@H]2c2ncon2)oc2c(C)cccc12. The maximum absolute atomic E-state index is 13.1. The highest BCUT2D eigenvalue weighted by atomic mass is 16.5. The van der Waals surface area contributed by atoms with Crippen LogP contribution in [0, 0.1) is 13.8 Å². The van der Waals surface area contributed by atoms with Crippen LogP contribution in [0.1, 0.15) is 33.5 Å². The summed E-state index contributed by atoms with van der Waals surface area (Å²) in [4.78, 5) is 18.8. The molecule has 24 heavy (non-hydrogen) atoms. The Morgan fingerprint density at radius 2 is 2.21 bits per heavy atom. The number of hydrogen-bond donors (Lipinski definition) is 0. The molecular formula is C17H17N3O4. The van der Waals surface area contributed by atoms with Crippen LogP contribution >= 0.6 is 0 Å². The number of furan rings is 1. The number of aryl methyl sites for hydroxylation is 2. The van der Waals surface area contributed by atoms with Crippen molar-refractivity contribution in [1.82, 2.24) is 15.0 Å². The van der Waals surface area contributed by atoms with Crippen LogP contribution in [-0.2, 0) is 4.74 Å². The van der Waals surface area contributed by atoms with Crippen LogP contribution in [0.2, 0.25) is 0 Å². The lowest BCUT2D eigenvalue weighted by Crippen LogP contribution is -2.43. The van der Waals surface area contributed by atoms with Gasteiger partial charge in [0.2, 0.25) is 6.39 Å². The molecule has 0 saturated carbocycles. The Labute approximate surface area is 138 Å². The van der Waals surface area contributed by atoms with E-state index >= 15 is 0 Å². The summed E-state index contributed by atoms with van der Waals surface area (Å²) < 4.78 is 16.2. The highest BCUT2D eigenvalue weighted by Gasteiger charge is 2.34. The number of carbonyl (C=O) groups excluding carboxylic acids is 1. The zero-order valence-corrected chi connectivity index (χ0v) is 13.5. The van der Waals surface area contributed by atoms with Crippen molar-refractivity contribution in [2.24, 2.45) is 0 Å². The van der Waals surface area contributed by atoms with Gasteiger partial charge in [-0.3, -0.25) is 4.79 Å². The van der Waals surface area contributed by atoms with Gasteiger partial charge in [-0.2, -0.15) is 4.98 Å². The fraction of sp³-hybridized carbons (Fsp3) is 0.353.